The Hall–Kier alpha value is -4.82. The van der Waals surface area contributed by atoms with Gasteiger partial charge in [0.2, 0.25) is 5.95 Å². The number of hydrogen-bond donors (Lipinski definition) is 4. The van der Waals surface area contributed by atoms with Gasteiger partial charge in [-0.2, -0.15) is 18.2 Å². The Kier molecular flexibility index (Phi) is 8.50. The number of carboxylic acids is 1. The average Bonchev–Trinajstić information content (AvgIpc) is 2.87. The predicted molar refractivity (Wildman–Crippen MR) is 122 cm³/mol. The largest absolute Gasteiger partial charge is 0.490 e. The zero-order valence-electron chi connectivity index (χ0n) is 18.9. The van der Waals surface area contributed by atoms with Gasteiger partial charge in [-0.15, -0.1) is 0 Å². The van der Waals surface area contributed by atoms with Crippen molar-refractivity contribution < 1.29 is 46.5 Å². The molecule has 0 radical (unpaired) electrons. The first kappa shape index (κ1) is 26.8. The molecule has 3 aromatic rings. The van der Waals surface area contributed by atoms with Crippen molar-refractivity contribution in [2.75, 3.05) is 36.2 Å². The second kappa shape index (κ2) is 11.7. The fraction of sp³-hybridized carbons (Fsp3) is 0.182. The van der Waals surface area contributed by atoms with Crippen LogP contribution in [0.3, 0.4) is 0 Å². The SMILES string of the molecule is CNc1cc(Nc2ncc(F)c(Nc3ccc4c(c3)OCCO4)n2)ccc1OC=O.O=C(O)C(F)(F)F. The molecular formula is C22H19F4N5O6. The van der Waals surface area contributed by atoms with Crippen molar-refractivity contribution in [2.24, 2.45) is 0 Å². The third-order valence-electron chi connectivity index (χ3n) is 4.47. The Morgan fingerprint density at radius 2 is 1.73 bits per heavy atom. The number of halogens is 4. The molecule has 2 heterocycles. The summed E-state index contributed by atoms with van der Waals surface area (Å²) >= 11 is 0. The van der Waals surface area contributed by atoms with Gasteiger partial charge in [0.25, 0.3) is 6.47 Å². The van der Waals surface area contributed by atoms with Gasteiger partial charge in [-0.05, 0) is 30.3 Å². The van der Waals surface area contributed by atoms with Crippen molar-refractivity contribution in [1.82, 2.24) is 9.97 Å². The molecule has 4 N–H and O–H groups in total. The topological polar surface area (TPSA) is 144 Å². The minimum Gasteiger partial charge on any atom is -0.486 e. The summed E-state index contributed by atoms with van der Waals surface area (Å²) in [4.78, 5) is 27.6. The van der Waals surface area contributed by atoms with E-state index < -0.39 is 18.0 Å². The number of nitrogens with zero attached hydrogens (tertiary/aromatic N) is 2. The Labute approximate surface area is 206 Å². The summed E-state index contributed by atoms with van der Waals surface area (Å²) in [7, 11) is 1.69. The van der Waals surface area contributed by atoms with Crippen LogP contribution in [0, 0.1) is 5.82 Å². The first-order chi connectivity index (χ1) is 17.6. The van der Waals surface area contributed by atoms with E-state index in [2.05, 4.69) is 25.9 Å². The summed E-state index contributed by atoms with van der Waals surface area (Å²) in [6.07, 6.45) is -4.02. The maximum atomic E-state index is 14.3. The van der Waals surface area contributed by atoms with E-state index in [-0.39, 0.29) is 11.8 Å². The summed E-state index contributed by atoms with van der Waals surface area (Å²) in [5, 5.41) is 16.0. The molecule has 4 rings (SSSR count). The van der Waals surface area contributed by atoms with E-state index in [9.17, 15) is 22.4 Å². The highest BCUT2D eigenvalue weighted by atomic mass is 19.4. The van der Waals surface area contributed by atoms with Crippen LogP contribution in [0.15, 0.2) is 42.6 Å². The summed E-state index contributed by atoms with van der Waals surface area (Å²) in [5.41, 5.74) is 1.80. The second-order valence-electron chi connectivity index (χ2n) is 6.98. The molecule has 37 heavy (non-hydrogen) atoms. The van der Waals surface area contributed by atoms with Crippen molar-refractivity contribution >= 4 is 41.3 Å². The highest BCUT2D eigenvalue weighted by Gasteiger charge is 2.38. The molecule has 0 aliphatic carbocycles. The molecule has 0 bridgehead atoms. The van der Waals surface area contributed by atoms with Crippen molar-refractivity contribution in [1.29, 1.82) is 0 Å². The molecule has 196 valence electrons. The molecule has 0 fully saturated rings. The molecule has 2 aromatic carbocycles. The Bertz CT molecular complexity index is 1270. The number of alkyl halides is 3. The van der Waals surface area contributed by atoms with Crippen molar-refractivity contribution in [3.05, 3.63) is 48.4 Å². The van der Waals surface area contributed by atoms with Gasteiger partial charge in [0.05, 0.1) is 11.9 Å². The molecule has 0 amide bonds. The zero-order chi connectivity index (χ0) is 27.0. The molecule has 0 spiro atoms. The number of hydrogen-bond acceptors (Lipinski definition) is 10. The highest BCUT2D eigenvalue weighted by Crippen LogP contribution is 2.34. The lowest BCUT2D eigenvalue weighted by atomic mass is 10.2. The minimum atomic E-state index is -5.08. The maximum absolute atomic E-state index is 14.3. The van der Waals surface area contributed by atoms with Gasteiger partial charge >= 0.3 is 12.1 Å². The van der Waals surface area contributed by atoms with Gasteiger partial charge in [-0.25, -0.2) is 14.2 Å². The standard InChI is InChI=1S/C20H18FN5O4.C2HF3O2/c1-22-15-8-12(2-4-16(15)30-11-27)25-20-23-10-14(21)19(26-20)24-13-3-5-17-18(9-13)29-7-6-28-17;3-2(4,5)1(6)7/h2-5,8-11,22H,6-7H2,1H3,(H2,23,24,25,26);(H,6,7). The number of nitrogens with one attached hydrogen (secondary N) is 3. The summed E-state index contributed by atoms with van der Waals surface area (Å²) in [5.74, 6) is -1.59. The number of fused-ring (bicyclic) bond motifs is 1. The molecule has 1 aliphatic rings. The number of aliphatic carboxylic acids is 1. The normalized spacial score (nSPS) is 11.9. The van der Waals surface area contributed by atoms with Crippen molar-refractivity contribution in [2.45, 2.75) is 6.18 Å². The fourth-order valence-electron chi connectivity index (χ4n) is 2.86. The summed E-state index contributed by atoms with van der Waals surface area (Å²) < 4.78 is 61.9. The van der Waals surface area contributed by atoms with Crippen LogP contribution >= 0.6 is 0 Å². The molecular weight excluding hydrogens is 506 g/mol. The van der Waals surface area contributed by atoms with Gasteiger partial charge in [0.15, 0.2) is 28.9 Å². The van der Waals surface area contributed by atoms with E-state index in [1.807, 2.05) is 0 Å². The van der Waals surface area contributed by atoms with E-state index in [1.165, 1.54) is 0 Å². The first-order valence-electron chi connectivity index (χ1n) is 10.3. The lowest BCUT2D eigenvalue weighted by molar-refractivity contribution is -0.192. The number of carbonyl (C=O) groups excluding carboxylic acids is 1. The van der Waals surface area contributed by atoms with Gasteiger partial charge in [0.1, 0.15) is 13.2 Å². The molecule has 0 saturated heterocycles. The molecule has 0 unspecified atom stereocenters. The Morgan fingerprint density at radius 1 is 1.08 bits per heavy atom. The van der Waals surface area contributed by atoms with E-state index in [0.29, 0.717) is 54.0 Å². The van der Waals surface area contributed by atoms with Crippen molar-refractivity contribution in [3.8, 4) is 17.2 Å². The smallest absolute Gasteiger partial charge is 0.486 e. The Morgan fingerprint density at radius 3 is 2.38 bits per heavy atom. The average molecular weight is 525 g/mol. The van der Waals surface area contributed by atoms with Crippen LogP contribution in [-0.4, -0.2) is 54.0 Å². The number of carbonyl (C=O) groups is 2. The number of benzene rings is 2. The molecule has 15 heteroatoms. The number of ether oxygens (including phenoxy) is 3. The molecule has 0 atom stereocenters. The number of carboxylic acid groups (broad SMARTS) is 1. The fourth-order valence-corrected chi connectivity index (χ4v) is 2.86. The highest BCUT2D eigenvalue weighted by molar-refractivity contribution is 5.73. The number of aromatic nitrogens is 2. The van der Waals surface area contributed by atoms with Gasteiger partial charge in [-0.3, -0.25) is 4.79 Å². The van der Waals surface area contributed by atoms with Gasteiger partial charge < -0.3 is 35.3 Å². The lowest BCUT2D eigenvalue weighted by Gasteiger charge is -2.19. The molecule has 11 nitrogen and oxygen atoms in total. The van der Waals surface area contributed by atoms with Gasteiger partial charge in [0, 0.05) is 24.5 Å². The molecule has 1 aromatic heterocycles. The van der Waals surface area contributed by atoms with E-state index in [4.69, 9.17) is 24.1 Å². The lowest BCUT2D eigenvalue weighted by Crippen LogP contribution is -2.21. The number of anilines is 5. The van der Waals surface area contributed by atoms with Gasteiger partial charge in [-0.1, -0.05) is 0 Å². The van der Waals surface area contributed by atoms with E-state index in [0.717, 1.165) is 6.20 Å². The van der Waals surface area contributed by atoms with Crippen LogP contribution < -0.4 is 30.2 Å². The van der Waals surface area contributed by atoms with Crippen LogP contribution in [0.1, 0.15) is 0 Å². The predicted octanol–water partition coefficient (Wildman–Crippen LogP) is 4.08. The van der Waals surface area contributed by atoms with Crippen LogP contribution in [0.4, 0.5) is 46.4 Å². The minimum absolute atomic E-state index is 0.000994. The van der Waals surface area contributed by atoms with Crippen LogP contribution in [-0.2, 0) is 9.59 Å². The van der Waals surface area contributed by atoms with E-state index >= 15 is 0 Å². The maximum Gasteiger partial charge on any atom is 0.490 e. The van der Waals surface area contributed by atoms with Crippen LogP contribution in [0.25, 0.3) is 0 Å². The third kappa shape index (κ3) is 7.33. The second-order valence-corrected chi connectivity index (χ2v) is 6.98. The van der Waals surface area contributed by atoms with Crippen LogP contribution in [0.2, 0.25) is 0 Å². The van der Waals surface area contributed by atoms with Crippen LogP contribution in [0.5, 0.6) is 17.2 Å². The van der Waals surface area contributed by atoms with Crippen molar-refractivity contribution in [3.63, 3.8) is 0 Å². The molecule has 0 saturated carbocycles. The monoisotopic (exact) mass is 525 g/mol. The Balaban J connectivity index is 0.000000479. The number of rotatable bonds is 7. The van der Waals surface area contributed by atoms with E-state index in [1.54, 1.807) is 43.4 Å². The quantitative estimate of drug-likeness (QED) is 0.262. The first-order valence-corrected chi connectivity index (χ1v) is 10.3. The third-order valence-corrected chi connectivity index (χ3v) is 4.47. The summed E-state index contributed by atoms with van der Waals surface area (Å²) in [6.45, 7) is 1.30. The summed E-state index contributed by atoms with van der Waals surface area (Å²) in [6, 6.07) is 10.2. The zero-order valence-corrected chi connectivity index (χ0v) is 18.9. The molecule has 1 aliphatic heterocycles.